The molecule has 0 atom stereocenters. The van der Waals surface area contributed by atoms with E-state index in [0.717, 1.165) is 19.5 Å². The van der Waals surface area contributed by atoms with Crippen molar-refractivity contribution in [3.63, 3.8) is 0 Å². The van der Waals surface area contributed by atoms with Crippen LogP contribution in [0.3, 0.4) is 0 Å². The molecule has 0 radical (unpaired) electrons. The van der Waals surface area contributed by atoms with Crippen LogP contribution < -0.4 is 5.73 Å². The van der Waals surface area contributed by atoms with E-state index in [0.29, 0.717) is 10.6 Å². The van der Waals surface area contributed by atoms with Crippen LogP contribution in [0.5, 0.6) is 0 Å². The van der Waals surface area contributed by atoms with E-state index in [9.17, 15) is 0 Å². The molecule has 2 heterocycles. The van der Waals surface area contributed by atoms with Crippen LogP contribution in [-0.4, -0.2) is 17.0 Å². The van der Waals surface area contributed by atoms with Gasteiger partial charge in [0.05, 0.1) is 5.56 Å². The van der Waals surface area contributed by atoms with Crippen molar-refractivity contribution in [1.29, 1.82) is 5.26 Å². The number of rotatable bonds is 0. The van der Waals surface area contributed by atoms with E-state index in [2.05, 4.69) is 31.7 Å². The van der Waals surface area contributed by atoms with Crippen LogP contribution in [0.15, 0.2) is 0 Å². The Bertz CT molecular complexity index is 448. The van der Waals surface area contributed by atoms with Gasteiger partial charge in [0, 0.05) is 23.5 Å². The zero-order valence-corrected chi connectivity index (χ0v) is 10.8. The van der Waals surface area contributed by atoms with Gasteiger partial charge in [-0.2, -0.15) is 5.26 Å². The molecule has 0 fully saturated rings. The van der Waals surface area contributed by atoms with Gasteiger partial charge < -0.3 is 5.73 Å². The molecule has 0 spiro atoms. The third-order valence-corrected chi connectivity index (χ3v) is 4.19. The summed E-state index contributed by atoms with van der Waals surface area (Å²) in [6.07, 6.45) is 0.948. The largest absolute Gasteiger partial charge is 0.389 e. The number of nitrogens with zero attached hydrogens (tertiary/aromatic N) is 2. The Hall–Kier alpha value is -1.05. The highest BCUT2D eigenvalue weighted by Crippen LogP contribution is 2.36. The molecule has 1 aromatic rings. The molecule has 2 rings (SSSR count). The van der Waals surface area contributed by atoms with Crippen LogP contribution in [0.4, 0.5) is 5.00 Å². The lowest BCUT2D eigenvalue weighted by Gasteiger charge is -2.38. The summed E-state index contributed by atoms with van der Waals surface area (Å²) in [4.78, 5) is 3.71. The van der Waals surface area contributed by atoms with E-state index < -0.39 is 0 Å². The van der Waals surface area contributed by atoms with Crippen LogP contribution in [-0.2, 0) is 13.0 Å². The summed E-state index contributed by atoms with van der Waals surface area (Å²) in [6.45, 7) is 8.61. The fraction of sp³-hybridized carbons (Fsp3) is 0.583. The molecule has 0 amide bonds. The topological polar surface area (TPSA) is 53.0 Å². The van der Waals surface area contributed by atoms with Crippen molar-refractivity contribution in [3.05, 3.63) is 16.0 Å². The van der Waals surface area contributed by atoms with Crippen LogP contribution in [0.2, 0.25) is 0 Å². The second-order valence-corrected chi connectivity index (χ2v) is 6.33. The zero-order chi connectivity index (χ0) is 11.9. The molecule has 4 heteroatoms. The fourth-order valence-corrected chi connectivity index (χ4v) is 3.20. The molecular formula is C12H17N3S. The SMILES string of the molecule is CC(C)(C)N1CCc2c(sc(N)c2C#N)C1. The summed E-state index contributed by atoms with van der Waals surface area (Å²) in [5.41, 5.74) is 7.95. The van der Waals surface area contributed by atoms with Gasteiger partial charge in [-0.05, 0) is 32.8 Å². The Balaban J connectivity index is 2.33. The van der Waals surface area contributed by atoms with Crippen LogP contribution in [0.1, 0.15) is 36.8 Å². The molecule has 0 saturated carbocycles. The van der Waals surface area contributed by atoms with Crippen LogP contribution >= 0.6 is 11.3 Å². The molecule has 1 aromatic heterocycles. The van der Waals surface area contributed by atoms with Gasteiger partial charge in [-0.25, -0.2) is 0 Å². The van der Waals surface area contributed by atoms with Crippen molar-refractivity contribution in [3.8, 4) is 6.07 Å². The first-order valence-electron chi connectivity index (χ1n) is 5.48. The van der Waals surface area contributed by atoms with E-state index >= 15 is 0 Å². The molecule has 0 aromatic carbocycles. The van der Waals surface area contributed by atoms with Gasteiger partial charge in [0.1, 0.15) is 11.1 Å². The summed E-state index contributed by atoms with van der Waals surface area (Å²) >= 11 is 1.57. The fourth-order valence-electron chi connectivity index (χ4n) is 2.12. The predicted molar refractivity (Wildman–Crippen MR) is 67.3 cm³/mol. The average Bonchev–Trinajstić information content (AvgIpc) is 2.50. The summed E-state index contributed by atoms with van der Waals surface area (Å²) in [5.74, 6) is 0. The van der Waals surface area contributed by atoms with Crippen LogP contribution in [0, 0.1) is 11.3 Å². The smallest absolute Gasteiger partial charge is 0.104 e. The third kappa shape index (κ3) is 1.81. The van der Waals surface area contributed by atoms with Gasteiger partial charge in [-0.3, -0.25) is 4.90 Å². The van der Waals surface area contributed by atoms with Crippen molar-refractivity contribution in [1.82, 2.24) is 4.90 Å². The second kappa shape index (κ2) is 3.76. The molecule has 16 heavy (non-hydrogen) atoms. The number of hydrogen-bond donors (Lipinski definition) is 1. The van der Waals surface area contributed by atoms with Gasteiger partial charge in [-0.15, -0.1) is 11.3 Å². The summed E-state index contributed by atoms with van der Waals surface area (Å²) in [7, 11) is 0. The third-order valence-electron chi connectivity index (χ3n) is 3.14. The Morgan fingerprint density at radius 1 is 1.44 bits per heavy atom. The summed E-state index contributed by atoms with van der Waals surface area (Å²) < 4.78 is 0. The minimum atomic E-state index is 0.184. The Morgan fingerprint density at radius 3 is 2.69 bits per heavy atom. The Morgan fingerprint density at radius 2 is 2.12 bits per heavy atom. The first-order chi connectivity index (χ1) is 7.43. The highest BCUT2D eigenvalue weighted by Gasteiger charge is 2.29. The molecular weight excluding hydrogens is 218 g/mol. The van der Waals surface area contributed by atoms with E-state index in [1.165, 1.54) is 10.4 Å². The summed E-state index contributed by atoms with van der Waals surface area (Å²) in [6, 6.07) is 2.22. The number of hydrogen-bond acceptors (Lipinski definition) is 4. The molecule has 1 aliphatic heterocycles. The lowest BCUT2D eigenvalue weighted by molar-refractivity contribution is 0.122. The maximum Gasteiger partial charge on any atom is 0.104 e. The lowest BCUT2D eigenvalue weighted by atomic mass is 9.98. The van der Waals surface area contributed by atoms with E-state index in [-0.39, 0.29) is 5.54 Å². The normalized spacial score (nSPS) is 16.9. The van der Waals surface area contributed by atoms with E-state index in [1.807, 2.05) is 0 Å². The van der Waals surface area contributed by atoms with Crippen molar-refractivity contribution in [2.45, 2.75) is 39.3 Å². The van der Waals surface area contributed by atoms with E-state index in [4.69, 9.17) is 11.0 Å². The molecule has 1 aliphatic rings. The zero-order valence-electron chi connectivity index (χ0n) is 10.0. The number of nitrogen functional groups attached to an aromatic ring is 1. The molecule has 86 valence electrons. The number of fused-ring (bicyclic) bond motifs is 1. The van der Waals surface area contributed by atoms with Gasteiger partial charge in [-0.1, -0.05) is 0 Å². The maximum absolute atomic E-state index is 9.05. The first kappa shape index (κ1) is 11.4. The van der Waals surface area contributed by atoms with Gasteiger partial charge in [0.2, 0.25) is 0 Å². The highest BCUT2D eigenvalue weighted by atomic mass is 32.1. The van der Waals surface area contributed by atoms with Crippen LogP contribution in [0.25, 0.3) is 0 Å². The van der Waals surface area contributed by atoms with Crippen molar-refractivity contribution < 1.29 is 0 Å². The lowest BCUT2D eigenvalue weighted by Crippen LogP contribution is -2.43. The standard InChI is InChI=1S/C12H17N3S/c1-12(2,3)15-5-4-8-9(6-13)11(14)16-10(8)7-15/h4-5,7,14H2,1-3H3. The maximum atomic E-state index is 9.05. The number of nitrogens with two attached hydrogens (primary N) is 1. The molecule has 0 saturated heterocycles. The first-order valence-corrected chi connectivity index (χ1v) is 6.30. The minimum Gasteiger partial charge on any atom is -0.389 e. The monoisotopic (exact) mass is 235 g/mol. The number of nitriles is 1. The molecule has 0 unspecified atom stereocenters. The van der Waals surface area contributed by atoms with E-state index in [1.54, 1.807) is 11.3 Å². The molecule has 2 N–H and O–H groups in total. The quantitative estimate of drug-likeness (QED) is 0.751. The van der Waals surface area contributed by atoms with Crippen molar-refractivity contribution in [2.75, 3.05) is 12.3 Å². The number of anilines is 1. The van der Waals surface area contributed by atoms with Gasteiger partial charge >= 0.3 is 0 Å². The second-order valence-electron chi connectivity index (χ2n) is 5.20. The molecule has 0 bridgehead atoms. The predicted octanol–water partition coefficient (Wildman–Crippen LogP) is 2.36. The van der Waals surface area contributed by atoms with Gasteiger partial charge in [0.25, 0.3) is 0 Å². The van der Waals surface area contributed by atoms with Crippen molar-refractivity contribution >= 4 is 16.3 Å². The van der Waals surface area contributed by atoms with Crippen molar-refractivity contribution in [2.24, 2.45) is 0 Å². The molecule has 0 aliphatic carbocycles. The highest BCUT2D eigenvalue weighted by molar-refractivity contribution is 7.16. The Kier molecular flexibility index (Phi) is 2.69. The number of thiophene rings is 1. The Labute approximate surface area is 100 Å². The molecule has 3 nitrogen and oxygen atoms in total. The summed E-state index contributed by atoms with van der Waals surface area (Å²) in [5, 5.41) is 9.74. The minimum absolute atomic E-state index is 0.184. The average molecular weight is 235 g/mol. The van der Waals surface area contributed by atoms with Gasteiger partial charge in [0.15, 0.2) is 0 Å².